The van der Waals surface area contributed by atoms with Crippen LogP contribution >= 0.6 is 0 Å². The van der Waals surface area contributed by atoms with Crippen LogP contribution in [0, 0.1) is 0 Å². The van der Waals surface area contributed by atoms with Crippen LogP contribution in [0.2, 0.25) is 0 Å². The highest BCUT2D eigenvalue weighted by molar-refractivity contribution is 5.86. The number of carbonyl (C=O) groups is 2. The van der Waals surface area contributed by atoms with Crippen LogP contribution in [-0.2, 0) is 4.79 Å². The minimum Gasteiger partial charge on any atom is -0.465 e. The molecular weight excluding hydrogens is 138 g/mol. The normalized spacial score (nSPS) is 24.0. The number of nitrogens with one attached hydrogen (secondary N) is 3. The number of hydrogen-bond donors (Lipinski definition) is 4. The zero-order valence-corrected chi connectivity index (χ0v) is 5.05. The van der Waals surface area contributed by atoms with Gasteiger partial charge in [-0.3, -0.25) is 10.2 Å². The Morgan fingerprint density at radius 1 is 1.80 bits per heavy atom. The van der Waals surface area contributed by atoms with E-state index in [4.69, 9.17) is 5.11 Å². The third-order valence-electron chi connectivity index (χ3n) is 1.13. The lowest BCUT2D eigenvalue weighted by Crippen LogP contribution is -2.40. The van der Waals surface area contributed by atoms with E-state index in [0.29, 0.717) is 6.54 Å². The summed E-state index contributed by atoms with van der Waals surface area (Å²) in [6.45, 7) is 0.297. The molecule has 10 heavy (non-hydrogen) atoms. The van der Waals surface area contributed by atoms with Crippen molar-refractivity contribution >= 4 is 12.0 Å². The van der Waals surface area contributed by atoms with E-state index < -0.39 is 12.1 Å². The highest BCUT2D eigenvalue weighted by atomic mass is 16.4. The molecule has 0 radical (unpaired) electrons. The molecule has 0 aromatic heterocycles. The van der Waals surface area contributed by atoms with Gasteiger partial charge in [-0.1, -0.05) is 0 Å². The van der Waals surface area contributed by atoms with E-state index in [9.17, 15) is 9.59 Å². The molecule has 0 aromatic carbocycles. The van der Waals surface area contributed by atoms with Crippen molar-refractivity contribution in [3.63, 3.8) is 0 Å². The molecule has 1 saturated heterocycles. The van der Waals surface area contributed by atoms with E-state index in [0.717, 1.165) is 0 Å². The second-order valence-corrected chi connectivity index (χ2v) is 1.87. The summed E-state index contributed by atoms with van der Waals surface area (Å²) in [5, 5.41) is 10.2. The number of carboxylic acid groups (broad SMARTS) is 1. The zero-order chi connectivity index (χ0) is 7.56. The molecule has 1 rings (SSSR count). The average Bonchev–Trinajstić information content (AvgIpc) is 2.15. The first-order chi connectivity index (χ1) is 4.70. The van der Waals surface area contributed by atoms with Gasteiger partial charge in [-0.25, -0.2) is 10.2 Å². The number of carbonyl (C=O) groups excluding carboxylic acids is 1. The monoisotopic (exact) mass is 145 g/mol. The van der Waals surface area contributed by atoms with Gasteiger partial charge in [-0.05, 0) is 0 Å². The van der Waals surface area contributed by atoms with Crippen molar-refractivity contribution in [3.8, 4) is 0 Å². The van der Waals surface area contributed by atoms with Crippen LogP contribution in [0.5, 0.6) is 0 Å². The van der Waals surface area contributed by atoms with Gasteiger partial charge in [0.2, 0.25) is 0 Å². The summed E-state index contributed by atoms with van der Waals surface area (Å²) in [6, 6.07) is -0.655. The van der Waals surface area contributed by atoms with E-state index in [1.807, 2.05) is 5.32 Å². The molecule has 56 valence electrons. The summed E-state index contributed by atoms with van der Waals surface area (Å²) in [6.07, 6.45) is -1.19. The molecule has 1 atom stereocenters. The maximum atomic E-state index is 10.6. The lowest BCUT2D eigenvalue weighted by Gasteiger charge is -2.02. The summed E-state index contributed by atoms with van der Waals surface area (Å²) < 4.78 is 0. The van der Waals surface area contributed by atoms with Crippen LogP contribution in [0.15, 0.2) is 0 Å². The molecule has 6 nitrogen and oxygen atoms in total. The second-order valence-electron chi connectivity index (χ2n) is 1.87. The number of hydrogen-bond acceptors (Lipinski definition) is 3. The maximum Gasteiger partial charge on any atom is 0.405 e. The standard InChI is InChI=1S/C4H7N3O3/c8-3-2(1-5-7-3)6-4(9)10/h2,5-6H,1H2,(H,7,8)(H,9,10)/t2-/m0/s1. The molecule has 0 aliphatic carbocycles. The zero-order valence-electron chi connectivity index (χ0n) is 5.05. The summed E-state index contributed by atoms with van der Waals surface area (Å²) in [4.78, 5) is 20.6. The maximum absolute atomic E-state index is 10.6. The first kappa shape index (κ1) is 6.81. The summed E-state index contributed by atoms with van der Waals surface area (Å²) in [7, 11) is 0. The Bertz CT molecular complexity index is 169. The molecule has 0 saturated carbocycles. The third-order valence-corrected chi connectivity index (χ3v) is 1.13. The van der Waals surface area contributed by atoms with Gasteiger partial charge in [0.15, 0.2) is 0 Å². The van der Waals surface area contributed by atoms with Crippen molar-refractivity contribution in [1.29, 1.82) is 0 Å². The minimum absolute atomic E-state index is 0.297. The number of amides is 2. The molecule has 0 spiro atoms. The predicted molar refractivity (Wildman–Crippen MR) is 31.1 cm³/mol. The lowest BCUT2D eigenvalue weighted by molar-refractivity contribution is -0.121. The largest absolute Gasteiger partial charge is 0.465 e. The van der Waals surface area contributed by atoms with Crippen molar-refractivity contribution in [2.24, 2.45) is 0 Å². The predicted octanol–water partition coefficient (Wildman–Crippen LogP) is -1.74. The molecule has 1 aliphatic rings. The Balaban J connectivity index is 2.40. The van der Waals surface area contributed by atoms with Gasteiger partial charge in [0, 0.05) is 6.54 Å². The van der Waals surface area contributed by atoms with E-state index in [1.54, 1.807) is 0 Å². The van der Waals surface area contributed by atoms with Gasteiger partial charge in [0.05, 0.1) is 0 Å². The quantitative estimate of drug-likeness (QED) is 0.352. The van der Waals surface area contributed by atoms with Crippen molar-refractivity contribution in [3.05, 3.63) is 0 Å². The first-order valence-corrected chi connectivity index (χ1v) is 2.72. The molecular formula is C4H7N3O3. The molecule has 0 unspecified atom stereocenters. The van der Waals surface area contributed by atoms with Crippen LogP contribution in [0.1, 0.15) is 0 Å². The van der Waals surface area contributed by atoms with E-state index >= 15 is 0 Å². The summed E-state index contributed by atoms with van der Waals surface area (Å²) in [5.41, 5.74) is 4.76. The van der Waals surface area contributed by atoms with Crippen LogP contribution in [-0.4, -0.2) is 29.7 Å². The second kappa shape index (κ2) is 2.53. The summed E-state index contributed by atoms with van der Waals surface area (Å²) >= 11 is 0. The van der Waals surface area contributed by atoms with E-state index in [1.165, 1.54) is 0 Å². The van der Waals surface area contributed by atoms with Crippen molar-refractivity contribution in [2.75, 3.05) is 6.54 Å². The fourth-order valence-corrected chi connectivity index (χ4v) is 0.686. The fourth-order valence-electron chi connectivity index (χ4n) is 0.686. The fraction of sp³-hybridized carbons (Fsp3) is 0.500. The van der Waals surface area contributed by atoms with Crippen molar-refractivity contribution < 1.29 is 14.7 Å². The van der Waals surface area contributed by atoms with Gasteiger partial charge >= 0.3 is 6.09 Å². The smallest absolute Gasteiger partial charge is 0.405 e. The SMILES string of the molecule is O=C(O)N[C@H]1CNNC1=O. The van der Waals surface area contributed by atoms with Crippen LogP contribution < -0.4 is 16.2 Å². The Labute approximate surface area is 56.6 Å². The molecule has 1 aliphatic heterocycles. The highest BCUT2D eigenvalue weighted by Gasteiger charge is 2.24. The van der Waals surface area contributed by atoms with Gasteiger partial charge < -0.3 is 10.4 Å². The van der Waals surface area contributed by atoms with Gasteiger partial charge in [0.25, 0.3) is 5.91 Å². The Morgan fingerprint density at radius 3 is 2.90 bits per heavy atom. The molecule has 0 aromatic rings. The molecule has 6 heteroatoms. The molecule has 1 heterocycles. The van der Waals surface area contributed by atoms with Crippen LogP contribution in [0.25, 0.3) is 0 Å². The Morgan fingerprint density at radius 2 is 2.50 bits per heavy atom. The minimum atomic E-state index is -1.19. The topological polar surface area (TPSA) is 90.5 Å². The highest BCUT2D eigenvalue weighted by Crippen LogP contribution is 1.86. The number of rotatable bonds is 1. The van der Waals surface area contributed by atoms with Crippen LogP contribution in [0.4, 0.5) is 4.79 Å². The average molecular weight is 145 g/mol. The first-order valence-electron chi connectivity index (χ1n) is 2.72. The molecule has 1 fully saturated rings. The molecule has 0 bridgehead atoms. The third kappa shape index (κ3) is 1.35. The number of hydrazine groups is 1. The lowest BCUT2D eigenvalue weighted by atomic mass is 10.3. The van der Waals surface area contributed by atoms with Gasteiger partial charge in [-0.2, -0.15) is 0 Å². The van der Waals surface area contributed by atoms with E-state index in [-0.39, 0.29) is 5.91 Å². The van der Waals surface area contributed by atoms with E-state index in [2.05, 4.69) is 10.9 Å². The van der Waals surface area contributed by atoms with Gasteiger partial charge in [0.1, 0.15) is 6.04 Å². The van der Waals surface area contributed by atoms with Crippen molar-refractivity contribution in [1.82, 2.24) is 16.2 Å². The van der Waals surface area contributed by atoms with Crippen LogP contribution in [0.3, 0.4) is 0 Å². The summed E-state index contributed by atoms with van der Waals surface area (Å²) in [5.74, 6) is -0.345. The molecule has 2 amide bonds. The molecule has 4 N–H and O–H groups in total. The Kier molecular flexibility index (Phi) is 1.72. The Hall–Kier alpha value is -1.30. The van der Waals surface area contributed by atoms with Crippen molar-refractivity contribution in [2.45, 2.75) is 6.04 Å². The van der Waals surface area contributed by atoms with Gasteiger partial charge in [-0.15, -0.1) is 0 Å².